The Balaban J connectivity index is 0.000000493. The third-order valence-corrected chi connectivity index (χ3v) is 18.4. The van der Waals surface area contributed by atoms with Crippen LogP contribution in [0.3, 0.4) is 0 Å². The van der Waals surface area contributed by atoms with Crippen molar-refractivity contribution in [3.8, 4) is 0 Å². The number of carbonyl (C=O) groups excluding carboxylic acids is 1. The first-order valence-corrected chi connectivity index (χ1v) is 32.9. The van der Waals surface area contributed by atoms with Crippen LogP contribution in [0.15, 0.2) is 11.6 Å². The van der Waals surface area contributed by atoms with Crippen LogP contribution in [0.1, 0.15) is 120 Å². The van der Waals surface area contributed by atoms with E-state index in [1.54, 1.807) is 0 Å². The van der Waals surface area contributed by atoms with Gasteiger partial charge in [-0.05, 0) is 91.3 Å². The lowest BCUT2D eigenvalue weighted by molar-refractivity contribution is -0.353. The minimum absolute atomic E-state index is 0. The number of allylic oxidation sites excluding steroid dienone is 1. The fourth-order valence-electron chi connectivity index (χ4n) is 11.8. The van der Waals surface area contributed by atoms with Crippen LogP contribution < -0.4 is 14.7 Å². The lowest BCUT2D eigenvalue weighted by Gasteiger charge is -2.58. The van der Waals surface area contributed by atoms with Crippen LogP contribution in [0, 0.1) is 46.3 Å². The number of hydrogen-bond acceptors (Lipinski definition) is 20. The average Bonchev–Trinajstić information content (AvgIpc) is 3.53. The topological polar surface area (TPSA) is 491 Å². The van der Waals surface area contributed by atoms with Gasteiger partial charge < -0.3 is 81.6 Å². The zero-order chi connectivity index (χ0) is 55.0. The monoisotopic (exact) mass is 1210 g/mol. The maximum Gasteiger partial charge on any atom is 0.531 e. The van der Waals surface area contributed by atoms with Crippen LogP contribution in [0.2, 0.25) is 0 Å². The average molecular weight is 1210 g/mol. The molecule has 37 heteroatoms. The Labute approximate surface area is 429 Å². The zero-order valence-electron chi connectivity index (χ0n) is 39.6. The van der Waals surface area contributed by atoms with Crippen LogP contribution >= 0.6 is 54.8 Å². The molecule has 30 nitrogen and oxygen atoms in total. The van der Waals surface area contributed by atoms with Gasteiger partial charge in [-0.1, -0.05) is 80.4 Å². The van der Waals surface area contributed by atoms with Crippen molar-refractivity contribution >= 4 is 60.9 Å². The molecule has 10 N–H and O–H groups in total. The van der Waals surface area contributed by atoms with E-state index in [1.807, 2.05) is 0 Å². The molecule has 0 aromatic heterocycles. The van der Waals surface area contributed by atoms with E-state index in [-0.39, 0.29) is 26.4 Å². The van der Waals surface area contributed by atoms with E-state index < -0.39 is 97.5 Å². The maximum absolute atomic E-state index is 12.0. The molecule has 4 saturated carbocycles. The Kier molecular flexibility index (Phi) is 24.7. The first kappa shape index (κ1) is 69.9. The number of ether oxygens (including phenoxy) is 1. The summed E-state index contributed by atoms with van der Waals surface area (Å²) in [6, 6.07) is 0. The number of rotatable bonds is 20. The Morgan fingerprint density at radius 2 is 1.11 bits per heavy atom. The molecular weight excluding hydrogens is 1140 g/mol. The van der Waals surface area contributed by atoms with Gasteiger partial charge in [-0.15, -0.1) is 0 Å². The molecular formula is C37H72O30P7-3. The van der Waals surface area contributed by atoms with Crippen LogP contribution in [0.4, 0.5) is 4.79 Å². The van der Waals surface area contributed by atoms with Crippen LogP contribution in [-0.2, 0) is 72.9 Å². The summed E-state index contributed by atoms with van der Waals surface area (Å²) in [5.74, 6) is 4.76. The predicted molar refractivity (Wildman–Crippen MR) is 250 cm³/mol. The van der Waals surface area contributed by atoms with Gasteiger partial charge in [0.2, 0.25) is 0 Å². The Morgan fingerprint density at radius 3 is 1.53 bits per heavy atom. The Hall–Kier alpha value is -0.180. The molecule has 0 saturated heterocycles. The zero-order valence-corrected chi connectivity index (χ0v) is 45.9. The molecule has 4 fully saturated rings. The van der Waals surface area contributed by atoms with E-state index in [0.717, 1.165) is 56.0 Å². The van der Waals surface area contributed by atoms with Crippen LogP contribution in [0.25, 0.3) is 0 Å². The standard InChI is InChI=1S/C29H49O6P.C6H18O24P6.2CH4/c1-19(2)8-7-9-20(3)24-12-13-25-23-11-10-21-18-22(34-27(30)35-36(31,32)33-6)14-16-28(21,4)26(23)15-17-29(24,25)5;7-31(8,9)25-1-2(26-32(10,11)12)4(28-34(16,17)18)6(30-36(22,23)24)5(29-35(19,20)21)3(1)27-33(13,14)15;;/h10,19-20,22-26H,7-9,11-18H2,1-6H3,(H,31,32);1-6H,(H2,7,8,9)(H2,10,11,12)(H2,13,14,15)(H2,16,17,18)(H2,19,20,21)(H2,22,23,24);2*1H4/p-3/t20-,22-,23?,24?,25?,26?,28?,29?;;;/m0.../s1. The predicted octanol–water partition coefficient (Wildman–Crippen LogP) is 4.54. The third kappa shape index (κ3) is 20.1. The molecule has 16 atom stereocenters. The largest absolute Gasteiger partial charge is 0.790 e. The number of phosphoric ester groups is 7. The summed E-state index contributed by atoms with van der Waals surface area (Å²) in [5.41, 5.74) is 2.05. The van der Waals surface area contributed by atoms with Crippen molar-refractivity contribution in [1.29, 1.82) is 0 Å². The van der Waals surface area contributed by atoms with Crippen molar-refractivity contribution < 1.29 is 141 Å². The first-order valence-electron chi connectivity index (χ1n) is 22.3. The van der Waals surface area contributed by atoms with Crippen molar-refractivity contribution in [2.24, 2.45) is 46.3 Å². The van der Waals surface area contributed by atoms with Gasteiger partial charge in [0.1, 0.15) is 42.7 Å². The van der Waals surface area contributed by atoms with Crippen molar-refractivity contribution in [3.05, 3.63) is 11.6 Å². The van der Waals surface area contributed by atoms with Crippen LogP contribution in [0.5, 0.6) is 0 Å². The smallest absolute Gasteiger partial charge is 0.531 e. The molecule has 5 aliphatic rings. The van der Waals surface area contributed by atoms with Crippen LogP contribution in [-0.4, -0.2) is 105 Å². The number of phosphoric acid groups is 7. The summed E-state index contributed by atoms with van der Waals surface area (Å²) in [6.45, 7) is 12.3. The lowest BCUT2D eigenvalue weighted by atomic mass is 9.47. The Bertz CT molecular complexity index is 2040. The highest BCUT2D eigenvalue weighted by Gasteiger charge is 2.62. The second-order valence-electron chi connectivity index (χ2n) is 19.6. The SMILES string of the molecule is C.C.COP(=O)(O)OC(=O)O[C@H]1CCC2(C)C(=CCC3C2CCC2(C)C3CCC2[C@@H](C)CCCC(C)C)C1.O=P([O-])([O-])OC1C(OP(=O)([O-])O)C(OP(=O)(O)O)C(OP(=O)(O)O)C(OP(=O)(O)O)C1OP(=O)(O)O. The fourth-order valence-corrected chi connectivity index (χ4v) is 15.4. The molecule has 14 unspecified atom stereocenters. The molecule has 0 bridgehead atoms. The first-order chi connectivity index (χ1) is 32.5. The summed E-state index contributed by atoms with van der Waals surface area (Å²) < 4.78 is 118. The van der Waals surface area contributed by atoms with Gasteiger partial charge >= 0.3 is 45.3 Å². The molecule has 0 spiro atoms. The van der Waals surface area contributed by atoms with E-state index in [1.165, 1.54) is 50.5 Å². The van der Waals surface area contributed by atoms with Gasteiger partial charge in [0.25, 0.3) is 7.82 Å². The molecule has 0 aromatic rings. The number of carbonyl (C=O) groups is 1. The lowest BCUT2D eigenvalue weighted by Crippen LogP contribution is -2.66. The van der Waals surface area contributed by atoms with Crippen molar-refractivity contribution in [2.45, 2.75) is 163 Å². The van der Waals surface area contributed by atoms with Crippen molar-refractivity contribution in [1.82, 2.24) is 0 Å². The highest BCUT2D eigenvalue weighted by molar-refractivity contribution is 7.48. The van der Waals surface area contributed by atoms with Crippen molar-refractivity contribution in [3.63, 3.8) is 0 Å². The summed E-state index contributed by atoms with van der Waals surface area (Å²) in [5, 5.41) is 0. The van der Waals surface area contributed by atoms with Gasteiger partial charge in [0.15, 0.2) is 0 Å². The summed E-state index contributed by atoms with van der Waals surface area (Å²) >= 11 is 0. The molecule has 5 aliphatic carbocycles. The van der Waals surface area contributed by atoms with Gasteiger partial charge in [0, 0.05) is 13.5 Å². The van der Waals surface area contributed by atoms with E-state index in [9.17, 15) is 56.3 Å². The fraction of sp³-hybridized carbons (Fsp3) is 0.919. The van der Waals surface area contributed by atoms with Crippen molar-refractivity contribution in [2.75, 3.05) is 7.11 Å². The minimum atomic E-state index is -6.54. The molecule has 438 valence electrons. The number of fused-ring (bicyclic) bond motifs is 5. The highest BCUT2D eigenvalue weighted by atomic mass is 31.2. The second-order valence-corrected chi connectivity index (χ2v) is 28.1. The van der Waals surface area contributed by atoms with E-state index in [4.69, 9.17) is 48.8 Å². The molecule has 0 amide bonds. The van der Waals surface area contributed by atoms with Gasteiger partial charge in [-0.3, -0.25) is 32.1 Å². The third-order valence-electron chi connectivity index (χ3n) is 14.4. The molecule has 0 aromatic carbocycles. The van der Waals surface area contributed by atoms with Gasteiger partial charge in [0.05, 0.1) is 7.82 Å². The Morgan fingerprint density at radius 1 is 0.649 bits per heavy atom. The van der Waals surface area contributed by atoms with E-state index in [0.29, 0.717) is 17.8 Å². The summed E-state index contributed by atoms with van der Waals surface area (Å²) in [6.07, 6.45) is -5.42. The highest BCUT2D eigenvalue weighted by Crippen LogP contribution is 2.68. The molecule has 0 heterocycles. The second kappa shape index (κ2) is 26.2. The van der Waals surface area contributed by atoms with Gasteiger partial charge in [-0.2, -0.15) is 0 Å². The summed E-state index contributed by atoms with van der Waals surface area (Å²) in [7, 11) is -40.5. The van der Waals surface area contributed by atoms with E-state index in [2.05, 4.69) is 76.9 Å². The van der Waals surface area contributed by atoms with Gasteiger partial charge in [-0.25, -0.2) is 27.6 Å². The molecule has 5 rings (SSSR count). The minimum Gasteiger partial charge on any atom is -0.790 e. The van der Waals surface area contributed by atoms with E-state index >= 15 is 0 Å². The maximum atomic E-state index is 12.0. The quantitative estimate of drug-likeness (QED) is 0.0454. The molecule has 0 radical (unpaired) electrons. The molecule has 0 aliphatic heterocycles. The normalized spacial score (nSPS) is 34.5. The summed E-state index contributed by atoms with van der Waals surface area (Å²) in [4.78, 5) is 137. The number of hydrogen-bond donors (Lipinski definition) is 10. The molecule has 74 heavy (non-hydrogen) atoms.